The molecule has 1 amide bonds. The zero-order valence-electron chi connectivity index (χ0n) is 18.5. The second-order valence-corrected chi connectivity index (χ2v) is 8.28. The number of fused-ring (bicyclic) bond motifs is 1. The van der Waals surface area contributed by atoms with Crippen LogP contribution in [0.3, 0.4) is 0 Å². The predicted octanol–water partition coefficient (Wildman–Crippen LogP) is 3.83. The summed E-state index contributed by atoms with van der Waals surface area (Å²) < 4.78 is 5.34. The monoisotopic (exact) mass is 418 g/mol. The van der Waals surface area contributed by atoms with Gasteiger partial charge in [0.2, 0.25) is 11.9 Å². The topological polar surface area (TPSA) is 67.3 Å². The van der Waals surface area contributed by atoms with Crippen LogP contribution in [0.1, 0.15) is 29.7 Å². The summed E-state index contributed by atoms with van der Waals surface area (Å²) in [6.07, 6.45) is 2.49. The van der Waals surface area contributed by atoms with Crippen LogP contribution in [-0.2, 0) is 11.2 Å². The third-order valence-corrected chi connectivity index (χ3v) is 6.06. The SMILES string of the molecule is COc1ccc2c(C)nc(N3CCC(C(=O)NCCc4ccc(C)cc4)CC3)nc2c1. The number of benzene rings is 2. The van der Waals surface area contributed by atoms with Crippen molar-refractivity contribution in [2.24, 2.45) is 5.92 Å². The largest absolute Gasteiger partial charge is 0.497 e. The van der Waals surface area contributed by atoms with Crippen LogP contribution in [0.15, 0.2) is 42.5 Å². The van der Waals surface area contributed by atoms with Gasteiger partial charge in [0.05, 0.1) is 18.3 Å². The van der Waals surface area contributed by atoms with Crippen molar-refractivity contribution in [3.05, 3.63) is 59.3 Å². The second kappa shape index (κ2) is 9.33. The number of methoxy groups -OCH3 is 1. The first kappa shape index (κ1) is 21.1. The lowest BCUT2D eigenvalue weighted by Crippen LogP contribution is -2.41. The summed E-state index contributed by atoms with van der Waals surface area (Å²) in [5, 5.41) is 4.15. The smallest absolute Gasteiger partial charge is 0.226 e. The number of aryl methyl sites for hydroxylation is 2. The molecule has 1 N–H and O–H groups in total. The Labute approximate surface area is 183 Å². The lowest BCUT2D eigenvalue weighted by Gasteiger charge is -2.31. The van der Waals surface area contributed by atoms with Gasteiger partial charge in [0.15, 0.2) is 0 Å². The van der Waals surface area contributed by atoms with Gasteiger partial charge in [-0.1, -0.05) is 29.8 Å². The summed E-state index contributed by atoms with van der Waals surface area (Å²) in [6.45, 7) is 6.33. The van der Waals surface area contributed by atoms with Crippen molar-refractivity contribution in [3.63, 3.8) is 0 Å². The van der Waals surface area contributed by atoms with E-state index < -0.39 is 0 Å². The molecule has 1 aliphatic heterocycles. The van der Waals surface area contributed by atoms with Gasteiger partial charge >= 0.3 is 0 Å². The van der Waals surface area contributed by atoms with E-state index in [2.05, 4.69) is 41.4 Å². The minimum Gasteiger partial charge on any atom is -0.497 e. The number of carbonyl (C=O) groups is 1. The summed E-state index contributed by atoms with van der Waals surface area (Å²) in [4.78, 5) is 24.3. The number of hydrogen-bond acceptors (Lipinski definition) is 5. The molecule has 162 valence electrons. The van der Waals surface area contributed by atoms with E-state index in [9.17, 15) is 4.79 Å². The minimum absolute atomic E-state index is 0.0518. The number of anilines is 1. The van der Waals surface area contributed by atoms with Gasteiger partial charge in [0.1, 0.15) is 5.75 Å². The predicted molar refractivity (Wildman–Crippen MR) is 124 cm³/mol. The van der Waals surface area contributed by atoms with Crippen LogP contribution in [-0.4, -0.2) is 42.6 Å². The molecule has 1 fully saturated rings. The summed E-state index contributed by atoms with van der Waals surface area (Å²) in [6, 6.07) is 14.4. The Morgan fingerprint density at radius 3 is 2.55 bits per heavy atom. The fraction of sp³-hybridized carbons (Fsp3) is 0.400. The molecule has 31 heavy (non-hydrogen) atoms. The zero-order chi connectivity index (χ0) is 21.8. The van der Waals surface area contributed by atoms with Crippen LogP contribution in [0.4, 0.5) is 5.95 Å². The standard InChI is InChI=1S/C25H30N4O2/c1-17-4-6-19(7-5-17)10-13-26-24(30)20-11-14-29(15-12-20)25-27-18(2)22-9-8-21(31-3)16-23(22)28-25/h4-9,16,20H,10-15H2,1-3H3,(H,26,30). The van der Waals surface area contributed by atoms with Crippen LogP contribution in [0.5, 0.6) is 5.75 Å². The highest BCUT2D eigenvalue weighted by Crippen LogP contribution is 2.26. The average Bonchev–Trinajstić information content (AvgIpc) is 2.80. The third kappa shape index (κ3) is 4.95. The Bertz CT molecular complexity index is 1060. The van der Waals surface area contributed by atoms with Crippen molar-refractivity contribution < 1.29 is 9.53 Å². The van der Waals surface area contributed by atoms with E-state index in [4.69, 9.17) is 14.7 Å². The number of rotatable bonds is 6. The molecule has 4 rings (SSSR count). The first-order valence-corrected chi connectivity index (χ1v) is 10.9. The molecule has 0 atom stereocenters. The lowest BCUT2D eigenvalue weighted by atomic mass is 9.96. The van der Waals surface area contributed by atoms with Crippen molar-refractivity contribution >= 4 is 22.8 Å². The fourth-order valence-electron chi connectivity index (χ4n) is 4.09. The van der Waals surface area contributed by atoms with Crippen LogP contribution in [0.25, 0.3) is 10.9 Å². The van der Waals surface area contributed by atoms with Gasteiger partial charge in [-0.3, -0.25) is 4.79 Å². The number of carbonyl (C=O) groups excluding carboxylic acids is 1. The average molecular weight is 419 g/mol. The summed E-state index contributed by atoms with van der Waals surface area (Å²) in [7, 11) is 1.66. The number of nitrogens with zero attached hydrogens (tertiary/aromatic N) is 3. The Morgan fingerprint density at radius 2 is 1.84 bits per heavy atom. The van der Waals surface area contributed by atoms with Crippen molar-refractivity contribution in [2.45, 2.75) is 33.1 Å². The van der Waals surface area contributed by atoms with Gasteiger partial charge in [0, 0.05) is 37.0 Å². The number of nitrogens with one attached hydrogen (secondary N) is 1. The first-order chi connectivity index (χ1) is 15.0. The molecule has 0 bridgehead atoms. The Hall–Kier alpha value is -3.15. The highest BCUT2D eigenvalue weighted by molar-refractivity contribution is 5.83. The maximum atomic E-state index is 12.6. The molecular weight excluding hydrogens is 388 g/mol. The van der Waals surface area contributed by atoms with E-state index in [1.54, 1.807) is 7.11 Å². The number of aromatic nitrogens is 2. The minimum atomic E-state index is 0.0518. The normalized spacial score (nSPS) is 14.6. The molecule has 0 saturated carbocycles. The second-order valence-electron chi connectivity index (χ2n) is 8.28. The van der Waals surface area contributed by atoms with Crippen LogP contribution < -0.4 is 15.0 Å². The molecule has 6 nitrogen and oxygen atoms in total. The molecule has 0 unspecified atom stereocenters. The molecule has 1 aromatic heterocycles. The number of hydrogen-bond donors (Lipinski definition) is 1. The maximum absolute atomic E-state index is 12.6. The maximum Gasteiger partial charge on any atom is 0.226 e. The van der Waals surface area contributed by atoms with E-state index in [1.807, 2.05) is 25.1 Å². The molecule has 3 aromatic rings. The zero-order valence-corrected chi connectivity index (χ0v) is 18.5. The summed E-state index contributed by atoms with van der Waals surface area (Å²) in [5.74, 6) is 1.73. The van der Waals surface area contributed by atoms with E-state index in [0.29, 0.717) is 6.54 Å². The number of ether oxygens (including phenoxy) is 1. The van der Waals surface area contributed by atoms with E-state index in [1.165, 1.54) is 11.1 Å². The lowest BCUT2D eigenvalue weighted by molar-refractivity contribution is -0.125. The highest BCUT2D eigenvalue weighted by atomic mass is 16.5. The number of piperidine rings is 1. The van der Waals surface area contributed by atoms with Crippen LogP contribution in [0.2, 0.25) is 0 Å². The molecular formula is C25H30N4O2. The van der Waals surface area contributed by atoms with Crippen molar-refractivity contribution in [1.82, 2.24) is 15.3 Å². The molecule has 1 saturated heterocycles. The molecule has 0 radical (unpaired) electrons. The summed E-state index contributed by atoms with van der Waals surface area (Å²) >= 11 is 0. The first-order valence-electron chi connectivity index (χ1n) is 10.9. The van der Waals surface area contributed by atoms with E-state index in [-0.39, 0.29) is 11.8 Å². The van der Waals surface area contributed by atoms with Crippen LogP contribution >= 0.6 is 0 Å². The third-order valence-electron chi connectivity index (χ3n) is 6.06. The Balaban J connectivity index is 1.32. The van der Waals surface area contributed by atoms with Crippen molar-refractivity contribution in [1.29, 1.82) is 0 Å². The van der Waals surface area contributed by atoms with Gasteiger partial charge in [-0.2, -0.15) is 0 Å². The van der Waals surface area contributed by atoms with Crippen molar-refractivity contribution in [3.8, 4) is 5.75 Å². The highest BCUT2D eigenvalue weighted by Gasteiger charge is 2.26. The number of amides is 1. The molecule has 0 spiro atoms. The molecule has 2 heterocycles. The van der Waals surface area contributed by atoms with E-state index in [0.717, 1.165) is 60.6 Å². The van der Waals surface area contributed by atoms with E-state index >= 15 is 0 Å². The molecule has 1 aliphatic rings. The van der Waals surface area contributed by atoms with Gasteiger partial charge in [-0.15, -0.1) is 0 Å². The van der Waals surface area contributed by atoms with Gasteiger partial charge in [0.25, 0.3) is 0 Å². The molecule has 2 aromatic carbocycles. The molecule has 0 aliphatic carbocycles. The van der Waals surface area contributed by atoms with Gasteiger partial charge in [-0.25, -0.2) is 9.97 Å². The quantitative estimate of drug-likeness (QED) is 0.659. The molecule has 6 heteroatoms. The summed E-state index contributed by atoms with van der Waals surface area (Å²) in [5.41, 5.74) is 4.35. The fourth-order valence-corrected chi connectivity index (χ4v) is 4.09. The van der Waals surface area contributed by atoms with Crippen LogP contribution in [0, 0.1) is 19.8 Å². The Kier molecular flexibility index (Phi) is 6.35. The van der Waals surface area contributed by atoms with Gasteiger partial charge < -0.3 is 15.0 Å². The van der Waals surface area contributed by atoms with Crippen molar-refractivity contribution in [2.75, 3.05) is 31.6 Å². The van der Waals surface area contributed by atoms with Gasteiger partial charge in [-0.05, 0) is 50.8 Å². The Morgan fingerprint density at radius 1 is 1.10 bits per heavy atom.